The molecule has 1 fully saturated rings. The van der Waals surface area contributed by atoms with E-state index in [9.17, 15) is 0 Å². The van der Waals surface area contributed by atoms with E-state index in [2.05, 4.69) is 41.6 Å². The van der Waals surface area contributed by atoms with Crippen molar-refractivity contribution in [1.82, 2.24) is 9.38 Å². The van der Waals surface area contributed by atoms with Gasteiger partial charge in [0, 0.05) is 11.7 Å². The maximum absolute atomic E-state index is 6.16. The Bertz CT molecular complexity index is 564. The molecule has 0 atom stereocenters. The minimum Gasteiger partial charge on any atom is -0.325 e. The first kappa shape index (κ1) is 10.8. The van der Waals surface area contributed by atoms with E-state index in [0.29, 0.717) is 0 Å². The van der Waals surface area contributed by atoms with E-state index < -0.39 is 0 Å². The van der Waals surface area contributed by atoms with Crippen LogP contribution in [0.1, 0.15) is 36.3 Å². The molecule has 2 aromatic heterocycles. The van der Waals surface area contributed by atoms with Crippen LogP contribution in [0.3, 0.4) is 0 Å². The fraction of sp³-hybridized carbons (Fsp3) is 0.500. The summed E-state index contributed by atoms with van der Waals surface area (Å²) in [5, 5.41) is 0. The molecule has 1 aliphatic rings. The molecule has 0 aromatic carbocycles. The van der Waals surface area contributed by atoms with Crippen molar-refractivity contribution in [2.75, 3.05) is 0 Å². The third kappa shape index (κ3) is 1.84. The summed E-state index contributed by atoms with van der Waals surface area (Å²) in [6, 6.07) is 4.31. The lowest BCUT2D eigenvalue weighted by Gasteiger charge is -2.10. The summed E-state index contributed by atoms with van der Waals surface area (Å²) in [6.45, 7) is 4.14. The number of aryl methyl sites for hydroxylation is 3. The summed E-state index contributed by atoms with van der Waals surface area (Å²) in [5.74, 6) is 1.06. The summed E-state index contributed by atoms with van der Waals surface area (Å²) in [6.07, 6.45) is 6.62. The van der Waals surface area contributed by atoms with Crippen molar-refractivity contribution in [3.8, 4) is 0 Å². The Morgan fingerprint density at radius 3 is 2.88 bits per heavy atom. The molecule has 2 N–H and O–H groups in total. The average molecular weight is 229 g/mol. The molecule has 0 radical (unpaired) electrons. The van der Waals surface area contributed by atoms with Crippen molar-refractivity contribution >= 4 is 5.52 Å². The molecule has 0 saturated heterocycles. The highest BCUT2D eigenvalue weighted by Crippen LogP contribution is 2.37. The fourth-order valence-corrected chi connectivity index (χ4v) is 2.58. The van der Waals surface area contributed by atoms with Crippen molar-refractivity contribution in [3.05, 3.63) is 35.4 Å². The SMILES string of the molecule is Cc1nc(C)n2cccc(CCC3(N)CC3)c12. The van der Waals surface area contributed by atoms with E-state index >= 15 is 0 Å². The van der Waals surface area contributed by atoms with Gasteiger partial charge in [-0.3, -0.25) is 0 Å². The zero-order chi connectivity index (χ0) is 12.0. The smallest absolute Gasteiger partial charge is 0.110 e. The van der Waals surface area contributed by atoms with E-state index in [1.807, 2.05) is 0 Å². The second kappa shape index (κ2) is 3.57. The van der Waals surface area contributed by atoms with Crippen molar-refractivity contribution in [2.24, 2.45) is 5.73 Å². The molecule has 1 aliphatic carbocycles. The van der Waals surface area contributed by atoms with E-state index in [4.69, 9.17) is 5.73 Å². The Hall–Kier alpha value is -1.35. The van der Waals surface area contributed by atoms with Gasteiger partial charge in [0.15, 0.2) is 0 Å². The maximum Gasteiger partial charge on any atom is 0.110 e. The van der Waals surface area contributed by atoms with Crippen LogP contribution in [0.5, 0.6) is 0 Å². The Balaban J connectivity index is 1.97. The Morgan fingerprint density at radius 2 is 2.18 bits per heavy atom. The number of nitrogens with two attached hydrogens (primary N) is 1. The van der Waals surface area contributed by atoms with Crippen LogP contribution in [0.4, 0.5) is 0 Å². The molecule has 0 amide bonds. The van der Waals surface area contributed by atoms with Crippen LogP contribution in [0.2, 0.25) is 0 Å². The van der Waals surface area contributed by atoms with Crippen molar-refractivity contribution < 1.29 is 0 Å². The summed E-state index contributed by atoms with van der Waals surface area (Å²) in [5.41, 5.74) is 10.1. The monoisotopic (exact) mass is 229 g/mol. The minimum absolute atomic E-state index is 0.135. The predicted molar refractivity (Wildman–Crippen MR) is 69.1 cm³/mol. The number of aromatic nitrogens is 2. The molecule has 0 bridgehead atoms. The molecule has 2 aromatic rings. The van der Waals surface area contributed by atoms with Gasteiger partial charge in [-0.2, -0.15) is 0 Å². The lowest BCUT2D eigenvalue weighted by molar-refractivity contribution is 0.610. The van der Waals surface area contributed by atoms with Crippen LogP contribution >= 0.6 is 0 Å². The van der Waals surface area contributed by atoms with Crippen LogP contribution < -0.4 is 5.73 Å². The first-order valence-electron chi connectivity index (χ1n) is 6.31. The third-order valence-corrected chi connectivity index (χ3v) is 3.88. The minimum atomic E-state index is 0.135. The molecule has 3 rings (SSSR count). The van der Waals surface area contributed by atoms with Gasteiger partial charge in [0.2, 0.25) is 0 Å². The first-order chi connectivity index (χ1) is 8.09. The second-order valence-corrected chi connectivity index (χ2v) is 5.36. The van der Waals surface area contributed by atoms with E-state index in [0.717, 1.165) is 24.4 Å². The normalized spacial score (nSPS) is 17.6. The van der Waals surface area contributed by atoms with E-state index in [1.54, 1.807) is 0 Å². The first-order valence-corrected chi connectivity index (χ1v) is 6.31. The Kier molecular flexibility index (Phi) is 2.26. The van der Waals surface area contributed by atoms with Gasteiger partial charge >= 0.3 is 0 Å². The largest absolute Gasteiger partial charge is 0.325 e. The average Bonchev–Trinajstić information content (AvgIpc) is 2.97. The maximum atomic E-state index is 6.16. The molecule has 0 aliphatic heterocycles. The van der Waals surface area contributed by atoms with Gasteiger partial charge in [-0.25, -0.2) is 4.98 Å². The molecular formula is C14H19N3. The van der Waals surface area contributed by atoms with Gasteiger partial charge in [0.1, 0.15) is 5.82 Å². The number of imidazole rings is 1. The number of pyridine rings is 1. The van der Waals surface area contributed by atoms with Crippen LogP contribution in [-0.2, 0) is 6.42 Å². The molecule has 17 heavy (non-hydrogen) atoms. The van der Waals surface area contributed by atoms with Gasteiger partial charge < -0.3 is 10.1 Å². The standard InChI is InChI=1S/C14H19N3/c1-10-13-12(5-6-14(15)7-8-14)4-3-9-17(13)11(2)16-10/h3-4,9H,5-8,15H2,1-2H3. The second-order valence-electron chi connectivity index (χ2n) is 5.36. The van der Waals surface area contributed by atoms with Crippen molar-refractivity contribution in [2.45, 2.75) is 45.1 Å². The number of hydrogen-bond acceptors (Lipinski definition) is 2. The quantitative estimate of drug-likeness (QED) is 0.878. The summed E-state index contributed by atoms with van der Waals surface area (Å²) in [7, 11) is 0. The Labute approximate surface area is 102 Å². The highest BCUT2D eigenvalue weighted by Gasteiger charge is 2.37. The van der Waals surface area contributed by atoms with Gasteiger partial charge in [-0.05, 0) is 51.2 Å². The van der Waals surface area contributed by atoms with E-state index in [-0.39, 0.29) is 5.54 Å². The molecule has 3 nitrogen and oxygen atoms in total. The number of hydrogen-bond donors (Lipinski definition) is 1. The summed E-state index contributed by atoms with van der Waals surface area (Å²) in [4.78, 5) is 4.54. The zero-order valence-corrected chi connectivity index (χ0v) is 10.5. The van der Waals surface area contributed by atoms with Crippen LogP contribution in [0.25, 0.3) is 5.52 Å². The molecule has 2 heterocycles. The molecular weight excluding hydrogens is 210 g/mol. The molecule has 90 valence electrons. The molecule has 0 unspecified atom stereocenters. The third-order valence-electron chi connectivity index (χ3n) is 3.88. The molecule has 3 heteroatoms. The lowest BCUT2D eigenvalue weighted by atomic mass is 10.0. The number of fused-ring (bicyclic) bond motifs is 1. The molecule has 0 spiro atoms. The highest BCUT2D eigenvalue weighted by atomic mass is 15.0. The van der Waals surface area contributed by atoms with Crippen LogP contribution in [0.15, 0.2) is 18.3 Å². The van der Waals surface area contributed by atoms with Gasteiger partial charge in [-0.15, -0.1) is 0 Å². The van der Waals surface area contributed by atoms with E-state index in [1.165, 1.54) is 23.9 Å². The van der Waals surface area contributed by atoms with Gasteiger partial charge in [0.05, 0.1) is 11.2 Å². The topological polar surface area (TPSA) is 43.3 Å². The van der Waals surface area contributed by atoms with Crippen molar-refractivity contribution in [1.29, 1.82) is 0 Å². The Morgan fingerprint density at radius 1 is 1.41 bits per heavy atom. The number of rotatable bonds is 3. The number of nitrogens with zero attached hydrogens (tertiary/aromatic N) is 2. The van der Waals surface area contributed by atoms with Crippen LogP contribution in [0, 0.1) is 13.8 Å². The van der Waals surface area contributed by atoms with Gasteiger partial charge in [0.25, 0.3) is 0 Å². The van der Waals surface area contributed by atoms with Crippen LogP contribution in [-0.4, -0.2) is 14.9 Å². The van der Waals surface area contributed by atoms with Gasteiger partial charge in [-0.1, -0.05) is 6.07 Å². The fourth-order valence-electron chi connectivity index (χ4n) is 2.58. The molecule has 1 saturated carbocycles. The zero-order valence-electron chi connectivity index (χ0n) is 10.5. The van der Waals surface area contributed by atoms with Crippen molar-refractivity contribution in [3.63, 3.8) is 0 Å². The predicted octanol–water partition coefficient (Wildman–Crippen LogP) is 2.38. The summed E-state index contributed by atoms with van der Waals surface area (Å²) >= 11 is 0. The lowest BCUT2D eigenvalue weighted by Crippen LogP contribution is -2.22. The highest BCUT2D eigenvalue weighted by molar-refractivity contribution is 5.59. The summed E-state index contributed by atoms with van der Waals surface area (Å²) < 4.78 is 2.18.